The first kappa shape index (κ1) is 17.8. The van der Waals surface area contributed by atoms with Crippen LogP contribution in [0.25, 0.3) is 11.2 Å². The molecule has 2 aromatic rings. The number of aliphatic hydroxyl groups is 1. The third-order valence-corrected chi connectivity index (χ3v) is 5.50. The fourth-order valence-corrected chi connectivity index (χ4v) is 3.89. The van der Waals surface area contributed by atoms with Gasteiger partial charge in [0.15, 0.2) is 11.5 Å². The molecular weight excluding hydrogens is 310 g/mol. The molecule has 2 rings (SSSR count). The Labute approximate surface area is 138 Å². The van der Waals surface area contributed by atoms with E-state index in [1.807, 2.05) is 4.57 Å². The molecule has 0 aliphatic carbocycles. The molecule has 2 atom stereocenters. The maximum atomic E-state index is 10.5. The molecule has 8 heteroatoms. The minimum Gasteiger partial charge on any atom is -0.391 e. The van der Waals surface area contributed by atoms with Crippen LogP contribution in [0.4, 0.5) is 5.82 Å². The highest BCUT2D eigenvalue weighted by Crippen LogP contribution is 2.16. The molecule has 0 fully saturated rings. The maximum Gasteiger partial charge on any atom is 0.165 e. The number of nitrogens with zero attached hydrogens (tertiary/aromatic N) is 4. The Hall–Kier alpha value is -1.51. The Morgan fingerprint density at radius 3 is 2.83 bits per heavy atom. The lowest BCUT2D eigenvalue weighted by molar-refractivity contribution is -0.000902. The largest absolute Gasteiger partial charge is 0.391 e. The van der Waals surface area contributed by atoms with Crippen LogP contribution in [-0.2, 0) is 11.3 Å². The summed E-state index contributed by atoms with van der Waals surface area (Å²) in [6.45, 7) is 7.81. The zero-order valence-corrected chi connectivity index (χ0v) is 15.1. The Morgan fingerprint density at radius 2 is 2.13 bits per heavy atom. The van der Waals surface area contributed by atoms with E-state index in [4.69, 9.17) is 10.5 Å². The Kier molecular flexibility index (Phi) is 6.49. The molecule has 7 nitrogen and oxygen atoms in total. The summed E-state index contributed by atoms with van der Waals surface area (Å²) in [5, 5.41) is 10.5. The van der Waals surface area contributed by atoms with Gasteiger partial charge in [0.25, 0.3) is 0 Å². The Bertz CT molecular complexity index is 619. The van der Waals surface area contributed by atoms with Crippen molar-refractivity contribution in [3.05, 3.63) is 12.7 Å². The normalized spacial score (nSPS) is 14.5. The summed E-state index contributed by atoms with van der Waals surface area (Å²) in [6, 6.07) is 0. The van der Waals surface area contributed by atoms with E-state index in [2.05, 4.69) is 35.0 Å². The van der Waals surface area contributed by atoms with Crippen LogP contribution in [0.15, 0.2) is 12.7 Å². The van der Waals surface area contributed by atoms with E-state index in [1.54, 1.807) is 6.33 Å². The number of nitrogen functional groups attached to an aromatic ring is 1. The van der Waals surface area contributed by atoms with Gasteiger partial charge in [0, 0.05) is 13.2 Å². The molecule has 0 aliphatic rings. The first-order valence-electron chi connectivity index (χ1n) is 8.05. The summed E-state index contributed by atoms with van der Waals surface area (Å²) in [6.07, 6.45) is 5.37. The van der Waals surface area contributed by atoms with Crippen molar-refractivity contribution in [2.45, 2.75) is 57.7 Å². The zero-order valence-electron chi connectivity index (χ0n) is 14.1. The summed E-state index contributed by atoms with van der Waals surface area (Å²) in [4.78, 5) is 12.4. The summed E-state index contributed by atoms with van der Waals surface area (Å²) in [5.74, 6) is 0.377. The predicted octanol–water partition coefficient (Wildman–Crippen LogP) is 1.64. The molecule has 2 aromatic heterocycles. The van der Waals surface area contributed by atoms with Crippen LogP contribution >= 0.6 is 0 Å². The topological polar surface area (TPSA) is 99.1 Å². The summed E-state index contributed by atoms with van der Waals surface area (Å²) in [7, 11) is -0.734. The molecule has 0 bridgehead atoms. The van der Waals surface area contributed by atoms with Gasteiger partial charge < -0.3 is 20.1 Å². The molecule has 0 saturated carbocycles. The molecule has 0 saturated heterocycles. The number of aliphatic hydroxyl groups excluding tert-OH is 1. The number of imidazole rings is 1. The molecule has 1 radical (unpaired) electrons. The second kappa shape index (κ2) is 8.37. The molecule has 0 aliphatic heterocycles. The highest BCUT2D eigenvalue weighted by Gasteiger charge is 2.24. The van der Waals surface area contributed by atoms with Gasteiger partial charge in [-0.3, -0.25) is 0 Å². The standard InChI is InChI=1S/C15H26N5O2Si/c1-4-5-8-22-15(23(2)3)11(21)6-7-20-10-19-12-13(16)17-9-18-14(12)20/h9-11,15,21H,4-8H2,1-3H3,(H2,16,17,18). The van der Waals surface area contributed by atoms with Crippen LogP contribution in [0.1, 0.15) is 26.2 Å². The van der Waals surface area contributed by atoms with Crippen molar-refractivity contribution in [2.24, 2.45) is 0 Å². The zero-order chi connectivity index (χ0) is 16.8. The number of rotatable bonds is 9. The van der Waals surface area contributed by atoms with Crippen LogP contribution in [0, 0.1) is 0 Å². The maximum absolute atomic E-state index is 10.5. The fourth-order valence-electron chi connectivity index (χ4n) is 2.50. The summed E-state index contributed by atoms with van der Waals surface area (Å²) >= 11 is 0. The minimum absolute atomic E-state index is 0.0546. The third-order valence-electron chi connectivity index (χ3n) is 3.81. The first-order valence-corrected chi connectivity index (χ1v) is 10.6. The van der Waals surface area contributed by atoms with E-state index in [-0.39, 0.29) is 5.73 Å². The van der Waals surface area contributed by atoms with E-state index in [9.17, 15) is 5.11 Å². The monoisotopic (exact) mass is 336 g/mol. The average molecular weight is 336 g/mol. The third kappa shape index (κ3) is 4.49. The lowest BCUT2D eigenvalue weighted by Gasteiger charge is -2.26. The van der Waals surface area contributed by atoms with Crippen LogP contribution < -0.4 is 5.73 Å². The lowest BCUT2D eigenvalue weighted by Crippen LogP contribution is -2.40. The number of nitrogens with two attached hydrogens (primary N) is 1. The Balaban J connectivity index is 1.98. The number of fused-ring (bicyclic) bond motifs is 1. The number of anilines is 1. The molecule has 3 N–H and O–H groups in total. The molecule has 0 amide bonds. The van der Waals surface area contributed by atoms with Crippen LogP contribution in [0.5, 0.6) is 0 Å². The van der Waals surface area contributed by atoms with Gasteiger partial charge in [0.1, 0.15) is 11.8 Å². The van der Waals surface area contributed by atoms with Gasteiger partial charge in [-0.05, 0) is 12.8 Å². The van der Waals surface area contributed by atoms with E-state index >= 15 is 0 Å². The van der Waals surface area contributed by atoms with Gasteiger partial charge in [-0.15, -0.1) is 0 Å². The van der Waals surface area contributed by atoms with Crippen molar-refractivity contribution in [3.63, 3.8) is 0 Å². The lowest BCUT2D eigenvalue weighted by atomic mass is 10.2. The van der Waals surface area contributed by atoms with Crippen molar-refractivity contribution >= 4 is 25.8 Å². The first-order chi connectivity index (χ1) is 11.0. The highest BCUT2D eigenvalue weighted by atomic mass is 28.3. The van der Waals surface area contributed by atoms with E-state index in [0.29, 0.717) is 36.6 Å². The van der Waals surface area contributed by atoms with Gasteiger partial charge in [0.05, 0.1) is 27.0 Å². The molecule has 0 spiro atoms. The van der Waals surface area contributed by atoms with Gasteiger partial charge in [0.2, 0.25) is 0 Å². The van der Waals surface area contributed by atoms with Gasteiger partial charge in [-0.2, -0.15) is 0 Å². The second-order valence-corrected chi connectivity index (χ2v) is 8.67. The summed E-state index contributed by atoms with van der Waals surface area (Å²) < 4.78 is 7.81. The van der Waals surface area contributed by atoms with Crippen molar-refractivity contribution in [3.8, 4) is 0 Å². The van der Waals surface area contributed by atoms with Gasteiger partial charge in [-0.1, -0.05) is 26.4 Å². The van der Waals surface area contributed by atoms with Gasteiger partial charge >= 0.3 is 0 Å². The SMILES string of the molecule is CCCCOC(C(O)CCn1cnc2c(N)ncnc21)[Si](C)C. The minimum atomic E-state index is -0.734. The van der Waals surface area contributed by atoms with E-state index in [0.717, 1.165) is 12.8 Å². The smallest absolute Gasteiger partial charge is 0.165 e. The number of hydrogen-bond acceptors (Lipinski definition) is 6. The Morgan fingerprint density at radius 1 is 1.35 bits per heavy atom. The number of ether oxygens (including phenoxy) is 1. The van der Waals surface area contributed by atoms with Crippen LogP contribution in [0.3, 0.4) is 0 Å². The molecule has 23 heavy (non-hydrogen) atoms. The van der Waals surface area contributed by atoms with E-state index < -0.39 is 14.9 Å². The quantitative estimate of drug-likeness (QED) is 0.533. The predicted molar refractivity (Wildman–Crippen MR) is 92.5 cm³/mol. The molecule has 2 unspecified atom stereocenters. The fraction of sp³-hybridized carbons (Fsp3) is 0.667. The summed E-state index contributed by atoms with van der Waals surface area (Å²) in [5.41, 5.74) is 7.04. The molecular formula is C15H26N5O2Si. The van der Waals surface area contributed by atoms with Crippen molar-refractivity contribution in [2.75, 3.05) is 12.3 Å². The molecule has 127 valence electrons. The van der Waals surface area contributed by atoms with Crippen LogP contribution in [-0.4, -0.2) is 51.9 Å². The van der Waals surface area contributed by atoms with Crippen molar-refractivity contribution in [1.29, 1.82) is 0 Å². The number of hydrogen-bond donors (Lipinski definition) is 2. The number of aryl methyl sites for hydroxylation is 1. The van der Waals surface area contributed by atoms with Crippen LogP contribution in [0.2, 0.25) is 13.1 Å². The second-order valence-electron chi connectivity index (χ2n) is 5.95. The number of unbranched alkanes of at least 4 members (excludes halogenated alkanes) is 1. The molecule has 0 aromatic carbocycles. The van der Waals surface area contributed by atoms with Crippen molar-refractivity contribution < 1.29 is 9.84 Å². The number of aromatic nitrogens is 4. The van der Waals surface area contributed by atoms with E-state index in [1.165, 1.54) is 6.33 Å². The average Bonchev–Trinajstić information content (AvgIpc) is 2.93. The van der Waals surface area contributed by atoms with Gasteiger partial charge in [-0.25, -0.2) is 15.0 Å². The van der Waals surface area contributed by atoms with Crippen molar-refractivity contribution in [1.82, 2.24) is 19.5 Å². The molecule has 2 heterocycles. The highest BCUT2D eigenvalue weighted by molar-refractivity contribution is 6.57.